The van der Waals surface area contributed by atoms with Crippen LogP contribution in [-0.4, -0.2) is 6.54 Å². The second-order valence-electron chi connectivity index (χ2n) is 4.72. The molecule has 2 aromatic rings. The Morgan fingerprint density at radius 2 is 1.76 bits per heavy atom. The number of nitrogens with one attached hydrogen (secondary N) is 1. The van der Waals surface area contributed by atoms with E-state index in [4.69, 9.17) is 0 Å². The number of halogens is 4. The number of rotatable bonds is 5. The molecule has 0 bridgehead atoms. The van der Waals surface area contributed by atoms with Crippen molar-refractivity contribution in [1.29, 1.82) is 0 Å². The van der Waals surface area contributed by atoms with Gasteiger partial charge in [-0.3, -0.25) is 0 Å². The fourth-order valence-corrected chi connectivity index (χ4v) is 3.01. The summed E-state index contributed by atoms with van der Waals surface area (Å²) in [5.41, 5.74) is 1.54. The molecule has 0 aliphatic carbocycles. The van der Waals surface area contributed by atoms with E-state index in [1.54, 1.807) is 24.3 Å². The molecular weight excluding hydrogens is 404 g/mol. The first-order valence-electron chi connectivity index (χ1n) is 6.63. The first-order chi connectivity index (χ1) is 10.0. The molecule has 0 aromatic heterocycles. The summed E-state index contributed by atoms with van der Waals surface area (Å²) in [6.07, 6.45) is 0.497. The van der Waals surface area contributed by atoms with Gasteiger partial charge in [0, 0.05) is 10.5 Å². The third-order valence-corrected chi connectivity index (χ3v) is 4.33. The molecule has 0 saturated carbocycles. The number of hydrogen-bond acceptors (Lipinski definition) is 1. The lowest BCUT2D eigenvalue weighted by Crippen LogP contribution is -2.23. The van der Waals surface area contributed by atoms with E-state index in [2.05, 4.69) is 37.2 Å². The summed E-state index contributed by atoms with van der Waals surface area (Å²) < 4.78 is 28.5. The van der Waals surface area contributed by atoms with Gasteiger partial charge in [0.2, 0.25) is 0 Å². The Balaban J connectivity index is 2.30. The van der Waals surface area contributed by atoms with E-state index in [9.17, 15) is 8.78 Å². The molecule has 0 spiro atoms. The van der Waals surface area contributed by atoms with Gasteiger partial charge in [0.15, 0.2) is 0 Å². The van der Waals surface area contributed by atoms with Gasteiger partial charge in [-0.2, -0.15) is 0 Å². The van der Waals surface area contributed by atoms with Gasteiger partial charge in [-0.05, 0) is 70.4 Å². The Morgan fingerprint density at radius 3 is 2.43 bits per heavy atom. The number of hydrogen-bond donors (Lipinski definition) is 1. The fraction of sp³-hybridized carbons (Fsp3) is 0.250. The van der Waals surface area contributed by atoms with Crippen molar-refractivity contribution in [1.82, 2.24) is 5.32 Å². The van der Waals surface area contributed by atoms with E-state index in [0.717, 1.165) is 16.6 Å². The highest BCUT2D eigenvalue weighted by Crippen LogP contribution is 2.26. The Labute approximate surface area is 140 Å². The predicted molar refractivity (Wildman–Crippen MR) is 88.3 cm³/mol. The first kappa shape index (κ1) is 16.6. The molecule has 112 valence electrons. The molecule has 1 nitrogen and oxygen atoms in total. The summed E-state index contributed by atoms with van der Waals surface area (Å²) in [6, 6.07) is 9.70. The third-order valence-electron chi connectivity index (χ3n) is 3.23. The SMILES string of the molecule is CCNC(Cc1cc(Br)ccc1F)c1ccc(F)c(Br)c1. The second-order valence-corrected chi connectivity index (χ2v) is 6.49. The van der Waals surface area contributed by atoms with Crippen molar-refractivity contribution >= 4 is 31.9 Å². The van der Waals surface area contributed by atoms with Crippen molar-refractivity contribution in [2.75, 3.05) is 6.54 Å². The van der Waals surface area contributed by atoms with Gasteiger partial charge in [0.05, 0.1) is 4.47 Å². The van der Waals surface area contributed by atoms with Gasteiger partial charge in [-0.25, -0.2) is 8.78 Å². The van der Waals surface area contributed by atoms with Gasteiger partial charge < -0.3 is 5.32 Å². The van der Waals surface area contributed by atoms with Gasteiger partial charge >= 0.3 is 0 Å². The normalized spacial score (nSPS) is 12.4. The zero-order chi connectivity index (χ0) is 15.4. The maximum absolute atomic E-state index is 13.9. The lowest BCUT2D eigenvalue weighted by molar-refractivity contribution is 0.526. The Kier molecular flexibility index (Phi) is 5.90. The van der Waals surface area contributed by atoms with E-state index in [1.165, 1.54) is 12.1 Å². The van der Waals surface area contributed by atoms with Crippen LogP contribution in [0.1, 0.15) is 24.1 Å². The zero-order valence-corrected chi connectivity index (χ0v) is 14.6. The largest absolute Gasteiger partial charge is 0.310 e. The first-order valence-corrected chi connectivity index (χ1v) is 8.22. The van der Waals surface area contributed by atoms with Crippen molar-refractivity contribution in [3.05, 3.63) is 68.1 Å². The molecule has 0 aliphatic rings. The average molecular weight is 419 g/mol. The van der Waals surface area contributed by atoms with E-state index < -0.39 is 0 Å². The van der Waals surface area contributed by atoms with Gasteiger partial charge in [0.1, 0.15) is 11.6 Å². The summed E-state index contributed by atoms with van der Waals surface area (Å²) in [6.45, 7) is 2.73. The van der Waals surface area contributed by atoms with Crippen LogP contribution in [0, 0.1) is 11.6 Å². The maximum Gasteiger partial charge on any atom is 0.137 e. The third kappa shape index (κ3) is 4.34. The van der Waals surface area contributed by atoms with Crippen molar-refractivity contribution < 1.29 is 8.78 Å². The van der Waals surface area contributed by atoms with E-state index in [1.807, 2.05) is 6.92 Å². The average Bonchev–Trinajstić information content (AvgIpc) is 2.45. The summed E-state index contributed by atoms with van der Waals surface area (Å²) in [5.74, 6) is -0.537. The summed E-state index contributed by atoms with van der Waals surface area (Å²) in [4.78, 5) is 0. The lowest BCUT2D eigenvalue weighted by atomic mass is 9.98. The Morgan fingerprint density at radius 1 is 1.05 bits per heavy atom. The van der Waals surface area contributed by atoms with E-state index in [0.29, 0.717) is 16.5 Å². The summed E-state index contributed by atoms with van der Waals surface area (Å²) in [7, 11) is 0. The molecular formula is C16H15Br2F2N. The standard InChI is InChI=1S/C16H15Br2F2N/c1-2-21-16(10-3-5-15(20)13(18)8-10)9-11-7-12(17)4-6-14(11)19/h3-8,16,21H,2,9H2,1H3. The van der Waals surface area contributed by atoms with Crippen LogP contribution in [0.25, 0.3) is 0 Å². The fourth-order valence-electron chi connectivity index (χ4n) is 2.20. The molecule has 2 rings (SSSR count). The minimum absolute atomic E-state index is 0.0734. The second kappa shape index (κ2) is 7.47. The van der Waals surface area contributed by atoms with Gasteiger partial charge in [0.25, 0.3) is 0 Å². The van der Waals surface area contributed by atoms with Crippen molar-refractivity contribution in [2.24, 2.45) is 0 Å². The topological polar surface area (TPSA) is 12.0 Å². The van der Waals surface area contributed by atoms with Crippen molar-refractivity contribution in [3.63, 3.8) is 0 Å². The molecule has 1 N–H and O–H groups in total. The van der Waals surface area contributed by atoms with Crippen LogP contribution < -0.4 is 5.32 Å². The molecule has 1 unspecified atom stereocenters. The minimum Gasteiger partial charge on any atom is -0.310 e. The molecule has 0 heterocycles. The monoisotopic (exact) mass is 417 g/mol. The van der Waals surface area contributed by atoms with Crippen LogP contribution >= 0.6 is 31.9 Å². The maximum atomic E-state index is 13.9. The summed E-state index contributed by atoms with van der Waals surface area (Å²) >= 11 is 6.55. The Hall–Kier alpha value is -0.780. The van der Waals surface area contributed by atoms with Crippen LogP contribution in [0.3, 0.4) is 0 Å². The smallest absolute Gasteiger partial charge is 0.137 e. The molecule has 0 amide bonds. The van der Waals surface area contributed by atoms with Crippen LogP contribution in [0.15, 0.2) is 45.3 Å². The molecule has 2 aromatic carbocycles. The molecule has 0 aliphatic heterocycles. The molecule has 1 atom stereocenters. The molecule has 0 saturated heterocycles. The molecule has 5 heteroatoms. The lowest BCUT2D eigenvalue weighted by Gasteiger charge is -2.19. The number of benzene rings is 2. The highest BCUT2D eigenvalue weighted by Gasteiger charge is 2.15. The van der Waals surface area contributed by atoms with Crippen molar-refractivity contribution in [2.45, 2.75) is 19.4 Å². The predicted octanol–water partition coefficient (Wildman–Crippen LogP) is 5.38. The molecule has 0 fully saturated rings. The summed E-state index contributed by atoms with van der Waals surface area (Å²) in [5, 5.41) is 3.32. The molecule has 21 heavy (non-hydrogen) atoms. The quantitative estimate of drug-likeness (QED) is 0.686. The number of likely N-dealkylation sites (N-methyl/N-ethyl adjacent to an activating group) is 1. The highest BCUT2D eigenvalue weighted by atomic mass is 79.9. The van der Waals surface area contributed by atoms with Crippen molar-refractivity contribution in [3.8, 4) is 0 Å². The molecule has 0 radical (unpaired) electrons. The van der Waals surface area contributed by atoms with Gasteiger partial charge in [-0.1, -0.05) is 28.9 Å². The van der Waals surface area contributed by atoms with Crippen LogP contribution in [0.5, 0.6) is 0 Å². The Bertz CT molecular complexity index is 632. The van der Waals surface area contributed by atoms with Crippen LogP contribution in [0.2, 0.25) is 0 Å². The van der Waals surface area contributed by atoms with Crippen LogP contribution in [0.4, 0.5) is 8.78 Å². The zero-order valence-electron chi connectivity index (χ0n) is 11.5. The van der Waals surface area contributed by atoms with Gasteiger partial charge in [-0.15, -0.1) is 0 Å². The highest BCUT2D eigenvalue weighted by molar-refractivity contribution is 9.10. The van der Waals surface area contributed by atoms with Crippen LogP contribution in [-0.2, 0) is 6.42 Å². The van der Waals surface area contributed by atoms with E-state index >= 15 is 0 Å². The van der Waals surface area contributed by atoms with E-state index in [-0.39, 0.29) is 17.7 Å². The minimum atomic E-state index is -0.303.